The van der Waals surface area contributed by atoms with Crippen molar-refractivity contribution in [1.82, 2.24) is 9.97 Å². The summed E-state index contributed by atoms with van der Waals surface area (Å²) in [6.07, 6.45) is 7.55. The van der Waals surface area contributed by atoms with Gasteiger partial charge < -0.3 is 0 Å². The van der Waals surface area contributed by atoms with E-state index in [0.29, 0.717) is 4.83 Å². The highest BCUT2D eigenvalue weighted by Gasteiger charge is 2.19. The lowest BCUT2D eigenvalue weighted by atomic mass is 10.0. The zero-order valence-electron chi connectivity index (χ0n) is 10.0. The molecule has 1 heterocycles. The van der Waals surface area contributed by atoms with Crippen LogP contribution in [0.2, 0.25) is 0 Å². The fourth-order valence-corrected chi connectivity index (χ4v) is 3.46. The maximum Gasteiger partial charge on any atom is 0.115 e. The van der Waals surface area contributed by atoms with Gasteiger partial charge in [-0.1, -0.05) is 29.8 Å². The van der Waals surface area contributed by atoms with Crippen LogP contribution in [0.1, 0.15) is 43.6 Å². The number of alkyl halides is 1. The highest BCUT2D eigenvalue weighted by atomic mass is 79.9. The monoisotopic (exact) mass is 282 g/mol. The SMILES string of the molecule is CC(C)CC(Br)Cc1ncnc2c1CCC2. The van der Waals surface area contributed by atoms with Crippen LogP contribution < -0.4 is 0 Å². The van der Waals surface area contributed by atoms with Gasteiger partial charge in [-0.25, -0.2) is 9.97 Å². The van der Waals surface area contributed by atoms with E-state index < -0.39 is 0 Å². The minimum atomic E-state index is 0.548. The smallest absolute Gasteiger partial charge is 0.115 e. The molecule has 1 unspecified atom stereocenters. The van der Waals surface area contributed by atoms with Crippen LogP contribution >= 0.6 is 15.9 Å². The van der Waals surface area contributed by atoms with Gasteiger partial charge in [0.05, 0.1) is 0 Å². The van der Waals surface area contributed by atoms with E-state index in [0.717, 1.165) is 18.8 Å². The van der Waals surface area contributed by atoms with E-state index in [1.165, 1.54) is 36.2 Å². The standard InChI is InChI=1S/C13H19BrN2/c1-9(2)6-10(14)7-13-11-4-3-5-12(11)15-8-16-13/h8-10H,3-7H2,1-2H3. The number of nitrogens with zero attached hydrogens (tertiary/aromatic N) is 2. The van der Waals surface area contributed by atoms with Gasteiger partial charge in [0.25, 0.3) is 0 Å². The highest BCUT2D eigenvalue weighted by Crippen LogP contribution is 2.25. The van der Waals surface area contributed by atoms with Gasteiger partial charge in [0.1, 0.15) is 6.33 Å². The number of aryl methyl sites for hydroxylation is 1. The average Bonchev–Trinajstić information content (AvgIpc) is 2.65. The summed E-state index contributed by atoms with van der Waals surface area (Å²) in [7, 11) is 0. The molecule has 0 bridgehead atoms. The minimum Gasteiger partial charge on any atom is -0.241 e. The minimum absolute atomic E-state index is 0.548. The number of halogens is 1. The Kier molecular flexibility index (Phi) is 3.95. The first-order valence-corrected chi connectivity index (χ1v) is 7.04. The van der Waals surface area contributed by atoms with Crippen LogP contribution in [-0.4, -0.2) is 14.8 Å². The summed E-state index contributed by atoms with van der Waals surface area (Å²) in [4.78, 5) is 9.37. The maximum atomic E-state index is 4.46. The molecule has 1 atom stereocenters. The first-order chi connectivity index (χ1) is 7.66. The molecule has 0 aromatic carbocycles. The van der Waals surface area contributed by atoms with E-state index in [9.17, 15) is 0 Å². The van der Waals surface area contributed by atoms with Crippen molar-refractivity contribution in [2.24, 2.45) is 5.92 Å². The van der Waals surface area contributed by atoms with Crippen LogP contribution in [-0.2, 0) is 19.3 Å². The van der Waals surface area contributed by atoms with Gasteiger partial charge >= 0.3 is 0 Å². The molecule has 1 aliphatic rings. The Morgan fingerprint density at radius 1 is 1.31 bits per heavy atom. The summed E-state index contributed by atoms with van der Waals surface area (Å²) < 4.78 is 0. The third-order valence-corrected chi connectivity index (χ3v) is 3.80. The highest BCUT2D eigenvalue weighted by molar-refractivity contribution is 9.09. The zero-order valence-corrected chi connectivity index (χ0v) is 11.6. The molecule has 2 rings (SSSR count). The molecule has 0 fully saturated rings. The quantitative estimate of drug-likeness (QED) is 0.792. The second-order valence-electron chi connectivity index (χ2n) is 5.03. The van der Waals surface area contributed by atoms with Crippen molar-refractivity contribution in [3.05, 3.63) is 23.3 Å². The lowest BCUT2D eigenvalue weighted by Crippen LogP contribution is -2.10. The van der Waals surface area contributed by atoms with Gasteiger partial charge in [0, 0.05) is 22.6 Å². The maximum absolute atomic E-state index is 4.46. The zero-order chi connectivity index (χ0) is 11.5. The van der Waals surface area contributed by atoms with E-state index in [-0.39, 0.29) is 0 Å². The van der Waals surface area contributed by atoms with Crippen molar-refractivity contribution in [3.8, 4) is 0 Å². The van der Waals surface area contributed by atoms with Crippen LogP contribution in [0.25, 0.3) is 0 Å². The molecule has 0 radical (unpaired) electrons. The van der Waals surface area contributed by atoms with E-state index in [2.05, 4.69) is 39.7 Å². The Morgan fingerprint density at radius 2 is 2.12 bits per heavy atom. The lowest BCUT2D eigenvalue weighted by Gasteiger charge is -2.13. The Labute approximate surface area is 106 Å². The van der Waals surface area contributed by atoms with Gasteiger partial charge in [-0.05, 0) is 37.2 Å². The summed E-state index contributed by atoms with van der Waals surface area (Å²) in [5.41, 5.74) is 3.98. The largest absolute Gasteiger partial charge is 0.241 e. The number of rotatable bonds is 4. The van der Waals surface area contributed by atoms with Gasteiger partial charge in [0.2, 0.25) is 0 Å². The molecular formula is C13H19BrN2. The topological polar surface area (TPSA) is 25.8 Å². The van der Waals surface area contributed by atoms with Gasteiger partial charge in [-0.3, -0.25) is 0 Å². The first-order valence-electron chi connectivity index (χ1n) is 6.12. The molecule has 3 heteroatoms. The lowest BCUT2D eigenvalue weighted by molar-refractivity contribution is 0.567. The fraction of sp³-hybridized carbons (Fsp3) is 0.692. The molecule has 1 aromatic rings. The molecule has 0 N–H and O–H groups in total. The molecule has 16 heavy (non-hydrogen) atoms. The van der Waals surface area contributed by atoms with Crippen molar-refractivity contribution in [2.75, 3.05) is 0 Å². The van der Waals surface area contributed by atoms with Crippen LogP contribution in [0.5, 0.6) is 0 Å². The van der Waals surface area contributed by atoms with Crippen molar-refractivity contribution < 1.29 is 0 Å². The predicted octanol–water partition coefficient (Wildman–Crippen LogP) is 3.32. The van der Waals surface area contributed by atoms with Gasteiger partial charge in [-0.15, -0.1) is 0 Å². The molecule has 0 saturated heterocycles. The van der Waals surface area contributed by atoms with E-state index in [1.807, 2.05) is 0 Å². The Morgan fingerprint density at radius 3 is 2.88 bits per heavy atom. The molecule has 0 saturated carbocycles. The fourth-order valence-electron chi connectivity index (χ4n) is 2.41. The molecule has 2 nitrogen and oxygen atoms in total. The number of hydrogen-bond donors (Lipinski definition) is 0. The van der Waals surface area contributed by atoms with Gasteiger partial charge in [-0.2, -0.15) is 0 Å². The van der Waals surface area contributed by atoms with E-state index in [4.69, 9.17) is 0 Å². The molecule has 0 spiro atoms. The number of fused-ring (bicyclic) bond motifs is 1. The van der Waals surface area contributed by atoms with Crippen LogP contribution in [0.4, 0.5) is 0 Å². The average molecular weight is 283 g/mol. The molecule has 0 aliphatic heterocycles. The molecule has 0 amide bonds. The second-order valence-corrected chi connectivity index (χ2v) is 6.33. The van der Waals surface area contributed by atoms with E-state index in [1.54, 1.807) is 6.33 Å². The molecule has 1 aromatic heterocycles. The Hall–Kier alpha value is -0.440. The number of aromatic nitrogens is 2. The second kappa shape index (κ2) is 5.26. The summed E-state index contributed by atoms with van der Waals surface area (Å²) in [5.74, 6) is 0.735. The van der Waals surface area contributed by atoms with Crippen LogP contribution in [0.15, 0.2) is 6.33 Å². The van der Waals surface area contributed by atoms with E-state index >= 15 is 0 Å². The molecule has 88 valence electrons. The molecular weight excluding hydrogens is 264 g/mol. The first kappa shape index (κ1) is 12.0. The van der Waals surface area contributed by atoms with Crippen molar-refractivity contribution >= 4 is 15.9 Å². The van der Waals surface area contributed by atoms with Gasteiger partial charge in [0.15, 0.2) is 0 Å². The number of hydrogen-bond acceptors (Lipinski definition) is 2. The summed E-state index contributed by atoms with van der Waals surface area (Å²) >= 11 is 3.76. The Bertz CT molecular complexity index is 363. The van der Waals surface area contributed by atoms with Crippen molar-refractivity contribution in [1.29, 1.82) is 0 Å². The summed E-state index contributed by atoms with van der Waals surface area (Å²) in [6, 6.07) is 0. The normalized spacial score (nSPS) is 16.5. The summed E-state index contributed by atoms with van der Waals surface area (Å²) in [6.45, 7) is 4.53. The predicted molar refractivity (Wildman–Crippen MR) is 69.9 cm³/mol. The van der Waals surface area contributed by atoms with Crippen LogP contribution in [0, 0.1) is 5.92 Å². The van der Waals surface area contributed by atoms with Crippen LogP contribution in [0.3, 0.4) is 0 Å². The van der Waals surface area contributed by atoms with Crippen molar-refractivity contribution in [3.63, 3.8) is 0 Å². The third-order valence-electron chi connectivity index (χ3n) is 3.11. The third kappa shape index (κ3) is 2.82. The van der Waals surface area contributed by atoms with Crippen molar-refractivity contribution in [2.45, 2.75) is 50.8 Å². The summed E-state index contributed by atoms with van der Waals surface area (Å²) in [5, 5.41) is 0. The Balaban J connectivity index is 2.07. The molecule has 1 aliphatic carbocycles.